The van der Waals surface area contributed by atoms with Crippen LogP contribution in [0, 0.1) is 0 Å². The predicted molar refractivity (Wildman–Crippen MR) is 111 cm³/mol. The molecule has 1 amide bonds. The summed E-state index contributed by atoms with van der Waals surface area (Å²) < 4.78 is 2.88. The maximum Gasteiger partial charge on any atom is 0.264 e. The number of rotatable bonds is 5. The van der Waals surface area contributed by atoms with E-state index in [1.54, 1.807) is 16.8 Å². The molecular formula is C21H18ClN5O2. The number of halogens is 1. The van der Waals surface area contributed by atoms with E-state index in [-0.39, 0.29) is 24.1 Å². The van der Waals surface area contributed by atoms with Crippen molar-refractivity contribution in [3.8, 4) is 5.69 Å². The number of hydrogen-bond donors (Lipinski definition) is 1. The third-order valence-corrected chi connectivity index (χ3v) is 4.83. The molecule has 0 aliphatic rings. The molecule has 0 saturated carbocycles. The Kier molecular flexibility index (Phi) is 5.14. The van der Waals surface area contributed by atoms with E-state index in [2.05, 4.69) is 15.4 Å². The van der Waals surface area contributed by atoms with Crippen molar-refractivity contribution in [2.75, 3.05) is 0 Å². The average molecular weight is 408 g/mol. The van der Waals surface area contributed by atoms with Crippen molar-refractivity contribution in [1.82, 2.24) is 24.6 Å². The molecule has 146 valence electrons. The highest BCUT2D eigenvalue weighted by Crippen LogP contribution is 2.17. The van der Waals surface area contributed by atoms with Crippen molar-refractivity contribution in [2.45, 2.75) is 19.5 Å². The van der Waals surface area contributed by atoms with Crippen LogP contribution in [0.25, 0.3) is 16.7 Å². The van der Waals surface area contributed by atoms with E-state index in [1.807, 2.05) is 49.4 Å². The van der Waals surface area contributed by atoms with E-state index < -0.39 is 0 Å². The van der Waals surface area contributed by atoms with E-state index in [9.17, 15) is 9.59 Å². The SMILES string of the molecule is CC(NC(=O)Cn1cnc2c(cnn2-c2ccccc2)c1=O)c1cccc(Cl)c1. The van der Waals surface area contributed by atoms with Crippen LogP contribution < -0.4 is 10.9 Å². The second kappa shape index (κ2) is 7.89. The summed E-state index contributed by atoms with van der Waals surface area (Å²) in [5.41, 5.74) is 1.82. The van der Waals surface area contributed by atoms with Crippen LogP contribution in [0.3, 0.4) is 0 Å². The molecule has 8 heteroatoms. The van der Waals surface area contributed by atoms with Gasteiger partial charge in [-0.25, -0.2) is 9.67 Å². The maximum atomic E-state index is 12.8. The first-order chi connectivity index (χ1) is 14.0. The maximum absolute atomic E-state index is 12.8. The molecule has 4 aromatic rings. The molecule has 2 aromatic heterocycles. The molecule has 0 aliphatic carbocycles. The van der Waals surface area contributed by atoms with Gasteiger partial charge in [0.2, 0.25) is 5.91 Å². The Morgan fingerprint density at radius 3 is 2.72 bits per heavy atom. The number of para-hydroxylation sites is 1. The smallest absolute Gasteiger partial charge is 0.264 e. The number of carbonyl (C=O) groups is 1. The summed E-state index contributed by atoms with van der Waals surface area (Å²) >= 11 is 6.00. The van der Waals surface area contributed by atoms with Crippen molar-refractivity contribution in [3.63, 3.8) is 0 Å². The van der Waals surface area contributed by atoms with Gasteiger partial charge in [0.1, 0.15) is 18.3 Å². The van der Waals surface area contributed by atoms with Crippen LogP contribution in [-0.4, -0.2) is 25.2 Å². The van der Waals surface area contributed by atoms with Crippen molar-refractivity contribution in [1.29, 1.82) is 0 Å². The fraction of sp³-hybridized carbons (Fsp3) is 0.143. The standard InChI is InChI=1S/C21H18ClN5O2/c1-14(15-6-5-7-16(22)10-15)25-19(28)12-26-13-23-20-18(21(26)29)11-24-27(20)17-8-3-2-4-9-17/h2-11,13-14H,12H2,1H3,(H,25,28). The summed E-state index contributed by atoms with van der Waals surface area (Å²) in [4.78, 5) is 29.6. The summed E-state index contributed by atoms with van der Waals surface area (Å²) in [6.45, 7) is 1.72. The third kappa shape index (κ3) is 3.90. The van der Waals surface area contributed by atoms with Gasteiger partial charge in [-0.2, -0.15) is 5.10 Å². The highest BCUT2D eigenvalue weighted by atomic mass is 35.5. The third-order valence-electron chi connectivity index (χ3n) is 4.60. The van der Waals surface area contributed by atoms with Crippen molar-refractivity contribution < 1.29 is 4.79 Å². The number of fused-ring (bicyclic) bond motifs is 1. The number of carbonyl (C=O) groups excluding carboxylic acids is 1. The Balaban J connectivity index is 1.55. The molecule has 1 N–H and O–H groups in total. The number of benzene rings is 2. The lowest BCUT2D eigenvalue weighted by Crippen LogP contribution is -2.33. The van der Waals surface area contributed by atoms with Crippen LogP contribution in [0.15, 0.2) is 71.9 Å². The second-order valence-electron chi connectivity index (χ2n) is 6.65. The quantitative estimate of drug-likeness (QED) is 0.551. The van der Waals surface area contributed by atoms with Crippen molar-refractivity contribution >= 4 is 28.5 Å². The molecule has 0 spiro atoms. The first-order valence-electron chi connectivity index (χ1n) is 9.06. The van der Waals surface area contributed by atoms with Gasteiger partial charge in [-0.1, -0.05) is 41.9 Å². The van der Waals surface area contributed by atoms with E-state index in [4.69, 9.17) is 11.6 Å². The van der Waals surface area contributed by atoms with Crippen LogP contribution in [0.2, 0.25) is 5.02 Å². The number of aromatic nitrogens is 4. The molecule has 1 atom stereocenters. The number of nitrogens with zero attached hydrogens (tertiary/aromatic N) is 4. The Bertz CT molecular complexity index is 1230. The predicted octanol–water partition coefficient (Wildman–Crippen LogP) is 3.11. The van der Waals surface area contributed by atoms with E-state index in [1.165, 1.54) is 17.1 Å². The summed E-state index contributed by atoms with van der Waals surface area (Å²) in [6, 6.07) is 16.5. The molecule has 2 heterocycles. The van der Waals surface area contributed by atoms with Gasteiger partial charge in [0.25, 0.3) is 5.56 Å². The minimum atomic E-state index is -0.317. The minimum absolute atomic E-state index is 0.136. The number of hydrogen-bond acceptors (Lipinski definition) is 4. The summed E-state index contributed by atoms with van der Waals surface area (Å²) in [7, 11) is 0. The van der Waals surface area contributed by atoms with Crippen molar-refractivity contribution in [3.05, 3.63) is 88.1 Å². The molecule has 7 nitrogen and oxygen atoms in total. The molecule has 29 heavy (non-hydrogen) atoms. The lowest BCUT2D eigenvalue weighted by molar-refractivity contribution is -0.122. The Morgan fingerprint density at radius 1 is 1.17 bits per heavy atom. The zero-order valence-corrected chi connectivity index (χ0v) is 16.4. The largest absolute Gasteiger partial charge is 0.348 e. The molecule has 0 bridgehead atoms. The van der Waals surface area contributed by atoms with Gasteiger partial charge >= 0.3 is 0 Å². The zero-order chi connectivity index (χ0) is 20.4. The van der Waals surface area contributed by atoms with Gasteiger partial charge in [0.15, 0.2) is 5.65 Å². The molecular weight excluding hydrogens is 390 g/mol. The molecule has 0 saturated heterocycles. The Morgan fingerprint density at radius 2 is 1.97 bits per heavy atom. The number of nitrogens with one attached hydrogen (secondary N) is 1. The molecule has 0 fully saturated rings. The van der Waals surface area contributed by atoms with Gasteiger partial charge in [0, 0.05) is 5.02 Å². The Labute approximate surface area is 171 Å². The van der Waals surface area contributed by atoms with Gasteiger partial charge in [0.05, 0.1) is 17.9 Å². The summed E-state index contributed by atoms with van der Waals surface area (Å²) in [5.74, 6) is -0.295. The lowest BCUT2D eigenvalue weighted by Gasteiger charge is -2.15. The zero-order valence-electron chi connectivity index (χ0n) is 15.6. The molecule has 0 radical (unpaired) electrons. The Hall–Kier alpha value is -3.45. The van der Waals surface area contributed by atoms with E-state index in [0.717, 1.165) is 11.3 Å². The van der Waals surface area contributed by atoms with E-state index in [0.29, 0.717) is 16.1 Å². The molecule has 2 aromatic carbocycles. The fourth-order valence-corrected chi connectivity index (χ4v) is 3.32. The first-order valence-corrected chi connectivity index (χ1v) is 9.44. The minimum Gasteiger partial charge on any atom is -0.348 e. The van der Waals surface area contributed by atoms with Crippen LogP contribution in [0.1, 0.15) is 18.5 Å². The van der Waals surface area contributed by atoms with Gasteiger partial charge in [-0.15, -0.1) is 0 Å². The van der Waals surface area contributed by atoms with Gasteiger partial charge in [-0.3, -0.25) is 14.2 Å². The summed E-state index contributed by atoms with van der Waals surface area (Å²) in [5, 5.41) is 8.10. The van der Waals surface area contributed by atoms with Crippen LogP contribution in [-0.2, 0) is 11.3 Å². The highest BCUT2D eigenvalue weighted by molar-refractivity contribution is 6.30. The monoisotopic (exact) mass is 407 g/mol. The molecule has 0 aliphatic heterocycles. The molecule has 1 unspecified atom stereocenters. The fourth-order valence-electron chi connectivity index (χ4n) is 3.12. The normalized spacial score (nSPS) is 12.1. The highest BCUT2D eigenvalue weighted by Gasteiger charge is 2.15. The van der Waals surface area contributed by atoms with E-state index >= 15 is 0 Å². The first kappa shape index (κ1) is 18.9. The topological polar surface area (TPSA) is 81.8 Å². The number of amides is 1. The van der Waals surface area contributed by atoms with Crippen molar-refractivity contribution in [2.24, 2.45) is 0 Å². The second-order valence-corrected chi connectivity index (χ2v) is 7.09. The summed E-state index contributed by atoms with van der Waals surface area (Å²) in [6.07, 6.45) is 2.84. The van der Waals surface area contributed by atoms with Crippen LogP contribution in [0.5, 0.6) is 0 Å². The average Bonchev–Trinajstić information content (AvgIpc) is 3.15. The lowest BCUT2D eigenvalue weighted by atomic mass is 10.1. The van der Waals surface area contributed by atoms with Gasteiger partial charge in [-0.05, 0) is 36.8 Å². The van der Waals surface area contributed by atoms with Crippen LogP contribution in [0.4, 0.5) is 0 Å². The molecule has 4 rings (SSSR count). The van der Waals surface area contributed by atoms with Gasteiger partial charge < -0.3 is 5.32 Å². The van der Waals surface area contributed by atoms with Crippen LogP contribution >= 0.6 is 11.6 Å².